The number of amides is 1. The molecule has 1 fully saturated rings. The summed E-state index contributed by atoms with van der Waals surface area (Å²) in [4.78, 5) is 28.2. The molecule has 1 aliphatic rings. The zero-order valence-electron chi connectivity index (χ0n) is 17.8. The van der Waals surface area contributed by atoms with Crippen molar-refractivity contribution in [1.29, 1.82) is 0 Å². The summed E-state index contributed by atoms with van der Waals surface area (Å²) in [5.74, 6) is -0.731. The molecule has 31 heavy (non-hydrogen) atoms. The van der Waals surface area contributed by atoms with E-state index in [9.17, 15) is 18.0 Å². The molecule has 1 aliphatic heterocycles. The second kappa shape index (κ2) is 9.90. The largest absolute Gasteiger partial charge is 0.462 e. The lowest BCUT2D eigenvalue weighted by molar-refractivity contribution is -0.121. The highest BCUT2D eigenvalue weighted by atomic mass is 32.2. The van der Waals surface area contributed by atoms with E-state index >= 15 is 0 Å². The zero-order chi connectivity index (χ0) is 22.6. The van der Waals surface area contributed by atoms with Crippen molar-refractivity contribution < 1.29 is 22.7 Å². The van der Waals surface area contributed by atoms with Crippen molar-refractivity contribution in [3.63, 3.8) is 0 Å². The predicted molar refractivity (Wildman–Crippen MR) is 122 cm³/mol. The van der Waals surface area contributed by atoms with Crippen LogP contribution in [0.2, 0.25) is 0 Å². The van der Waals surface area contributed by atoms with Crippen molar-refractivity contribution in [3.8, 4) is 10.4 Å². The van der Waals surface area contributed by atoms with Crippen LogP contribution in [0, 0.1) is 0 Å². The van der Waals surface area contributed by atoms with Crippen LogP contribution in [0.25, 0.3) is 10.4 Å². The molecule has 0 bridgehead atoms. The minimum absolute atomic E-state index is 0.240. The number of rotatable bonds is 7. The number of sulfonamides is 1. The standard InChI is InChI=1S/C21H27N3O5S2/c1-4-29-21(26)17-14-18(16-8-6-5-7-9-16)30-20(17)22-19(25)15(2)23-10-12-24(13-11-23)31(3,27)28/h5-9,14-15H,4,10-13H2,1-3H3,(H,22,25)/t15-/m0/s1. The SMILES string of the molecule is CCOC(=O)c1cc(-c2ccccc2)sc1NC(=O)[C@H](C)N1CCN(S(C)(=O)=O)CC1. The van der Waals surface area contributed by atoms with E-state index in [1.807, 2.05) is 35.2 Å². The normalized spacial score (nSPS) is 16.6. The van der Waals surface area contributed by atoms with E-state index in [1.165, 1.54) is 21.9 Å². The molecule has 2 aromatic rings. The van der Waals surface area contributed by atoms with Crippen molar-refractivity contribution in [2.24, 2.45) is 0 Å². The lowest BCUT2D eigenvalue weighted by Crippen LogP contribution is -2.53. The summed E-state index contributed by atoms with van der Waals surface area (Å²) >= 11 is 1.32. The maximum atomic E-state index is 12.9. The van der Waals surface area contributed by atoms with E-state index in [0.717, 1.165) is 10.4 Å². The summed E-state index contributed by atoms with van der Waals surface area (Å²) in [6.45, 7) is 5.38. The number of hydrogen-bond acceptors (Lipinski definition) is 7. The van der Waals surface area contributed by atoms with Gasteiger partial charge in [-0.1, -0.05) is 30.3 Å². The van der Waals surface area contributed by atoms with Gasteiger partial charge in [0, 0.05) is 31.1 Å². The van der Waals surface area contributed by atoms with Crippen LogP contribution in [0.15, 0.2) is 36.4 Å². The van der Waals surface area contributed by atoms with Gasteiger partial charge in [0.1, 0.15) is 5.00 Å². The monoisotopic (exact) mass is 465 g/mol. The highest BCUT2D eigenvalue weighted by molar-refractivity contribution is 7.88. The lowest BCUT2D eigenvalue weighted by Gasteiger charge is -2.36. The van der Waals surface area contributed by atoms with Crippen LogP contribution in [0.5, 0.6) is 0 Å². The molecule has 1 aromatic heterocycles. The molecule has 0 spiro atoms. The van der Waals surface area contributed by atoms with E-state index in [1.54, 1.807) is 19.9 Å². The molecule has 1 N–H and O–H groups in total. The van der Waals surface area contributed by atoms with E-state index in [2.05, 4.69) is 5.32 Å². The van der Waals surface area contributed by atoms with E-state index in [0.29, 0.717) is 36.7 Å². The third kappa shape index (κ3) is 5.70. The number of esters is 1. The van der Waals surface area contributed by atoms with Gasteiger partial charge >= 0.3 is 5.97 Å². The van der Waals surface area contributed by atoms with Gasteiger partial charge in [-0.05, 0) is 25.5 Å². The number of ether oxygens (including phenoxy) is 1. The molecule has 8 nitrogen and oxygen atoms in total. The highest BCUT2D eigenvalue weighted by Crippen LogP contribution is 2.36. The maximum Gasteiger partial charge on any atom is 0.341 e. The van der Waals surface area contributed by atoms with Crippen LogP contribution in [-0.4, -0.2) is 74.6 Å². The van der Waals surface area contributed by atoms with Gasteiger partial charge in [0.05, 0.1) is 24.5 Å². The molecular weight excluding hydrogens is 438 g/mol. The number of anilines is 1. The molecule has 1 saturated heterocycles. The molecule has 10 heteroatoms. The maximum absolute atomic E-state index is 12.9. The Kier molecular flexibility index (Phi) is 7.47. The van der Waals surface area contributed by atoms with Gasteiger partial charge in [0.2, 0.25) is 15.9 Å². The van der Waals surface area contributed by atoms with Gasteiger partial charge in [-0.25, -0.2) is 13.2 Å². The molecular formula is C21H27N3O5S2. The van der Waals surface area contributed by atoms with Crippen molar-refractivity contribution in [2.45, 2.75) is 19.9 Å². The van der Waals surface area contributed by atoms with Crippen molar-refractivity contribution in [3.05, 3.63) is 42.0 Å². The summed E-state index contributed by atoms with van der Waals surface area (Å²) in [7, 11) is -3.23. The first-order chi connectivity index (χ1) is 14.7. The van der Waals surface area contributed by atoms with Gasteiger partial charge in [-0.2, -0.15) is 4.31 Å². The van der Waals surface area contributed by atoms with Crippen molar-refractivity contribution >= 4 is 38.2 Å². The Morgan fingerprint density at radius 3 is 2.39 bits per heavy atom. The molecule has 1 aromatic carbocycles. The molecule has 0 unspecified atom stereocenters. The van der Waals surface area contributed by atoms with Gasteiger partial charge in [-0.15, -0.1) is 11.3 Å². The number of piperazine rings is 1. The Bertz CT molecular complexity index is 1030. The topological polar surface area (TPSA) is 96.0 Å². The van der Waals surface area contributed by atoms with Crippen LogP contribution in [0.4, 0.5) is 5.00 Å². The number of thiophene rings is 1. The fourth-order valence-electron chi connectivity index (χ4n) is 3.39. The summed E-state index contributed by atoms with van der Waals surface area (Å²) < 4.78 is 30.0. The number of nitrogens with zero attached hydrogens (tertiary/aromatic N) is 2. The number of benzene rings is 1. The van der Waals surface area contributed by atoms with Gasteiger partial charge in [0.25, 0.3) is 0 Å². The van der Waals surface area contributed by atoms with E-state index in [-0.39, 0.29) is 12.5 Å². The minimum Gasteiger partial charge on any atom is -0.462 e. The third-order valence-electron chi connectivity index (χ3n) is 5.19. The Morgan fingerprint density at radius 1 is 1.16 bits per heavy atom. The van der Waals surface area contributed by atoms with Crippen LogP contribution >= 0.6 is 11.3 Å². The fourth-order valence-corrected chi connectivity index (χ4v) is 5.27. The molecule has 2 heterocycles. The first-order valence-electron chi connectivity index (χ1n) is 10.1. The Labute approximate surface area is 186 Å². The predicted octanol–water partition coefficient (Wildman–Crippen LogP) is 2.50. The second-order valence-electron chi connectivity index (χ2n) is 7.30. The summed E-state index contributed by atoms with van der Waals surface area (Å²) in [6, 6.07) is 10.9. The Morgan fingerprint density at radius 2 is 1.81 bits per heavy atom. The smallest absolute Gasteiger partial charge is 0.341 e. The summed E-state index contributed by atoms with van der Waals surface area (Å²) in [6.07, 6.45) is 1.19. The molecule has 1 amide bonds. The average Bonchev–Trinajstić information content (AvgIpc) is 3.17. The quantitative estimate of drug-likeness (QED) is 0.631. The minimum atomic E-state index is -3.23. The Hall–Kier alpha value is -2.27. The second-order valence-corrected chi connectivity index (χ2v) is 10.3. The van der Waals surface area contributed by atoms with Crippen LogP contribution in [0.3, 0.4) is 0 Å². The van der Waals surface area contributed by atoms with Crippen LogP contribution < -0.4 is 5.32 Å². The first kappa shape index (κ1) is 23.4. The molecule has 3 rings (SSSR count). The van der Waals surface area contributed by atoms with Gasteiger partial charge < -0.3 is 10.1 Å². The van der Waals surface area contributed by atoms with Crippen molar-refractivity contribution in [1.82, 2.24) is 9.21 Å². The Balaban J connectivity index is 1.75. The lowest BCUT2D eigenvalue weighted by atomic mass is 10.1. The highest BCUT2D eigenvalue weighted by Gasteiger charge is 2.30. The summed E-state index contributed by atoms with van der Waals surface area (Å²) in [5.41, 5.74) is 1.27. The first-order valence-corrected chi connectivity index (χ1v) is 12.7. The molecule has 0 saturated carbocycles. The van der Waals surface area contributed by atoms with Gasteiger partial charge in [-0.3, -0.25) is 9.69 Å². The van der Waals surface area contributed by atoms with Crippen LogP contribution in [0.1, 0.15) is 24.2 Å². The summed E-state index contributed by atoms with van der Waals surface area (Å²) in [5, 5.41) is 3.33. The number of hydrogen-bond donors (Lipinski definition) is 1. The van der Waals surface area contributed by atoms with Gasteiger partial charge in [0.15, 0.2) is 0 Å². The number of carbonyl (C=O) groups is 2. The zero-order valence-corrected chi connectivity index (χ0v) is 19.5. The molecule has 168 valence electrons. The fraction of sp³-hybridized carbons (Fsp3) is 0.429. The van der Waals surface area contributed by atoms with Crippen molar-refractivity contribution in [2.75, 3.05) is 44.4 Å². The van der Waals surface area contributed by atoms with E-state index in [4.69, 9.17) is 4.74 Å². The van der Waals surface area contributed by atoms with Crippen LogP contribution in [-0.2, 0) is 19.6 Å². The molecule has 1 atom stereocenters. The average molecular weight is 466 g/mol. The number of carbonyl (C=O) groups excluding carboxylic acids is 2. The molecule has 0 aliphatic carbocycles. The van der Waals surface area contributed by atoms with E-state index < -0.39 is 22.0 Å². The molecule has 0 radical (unpaired) electrons. The third-order valence-corrected chi connectivity index (χ3v) is 7.59. The number of nitrogens with one attached hydrogen (secondary N) is 1.